The first-order chi connectivity index (χ1) is 7.22. The van der Waals surface area contributed by atoms with E-state index >= 15 is 0 Å². The highest BCUT2D eigenvalue weighted by Gasteiger charge is 2.09. The maximum absolute atomic E-state index is 11.5. The lowest BCUT2D eigenvalue weighted by Gasteiger charge is -2.03. The number of aryl methyl sites for hydroxylation is 1. The van der Waals surface area contributed by atoms with E-state index in [0.29, 0.717) is 12.2 Å². The Hall–Kier alpha value is -1.77. The van der Waals surface area contributed by atoms with Crippen LogP contribution >= 0.6 is 0 Å². The molecule has 0 unspecified atom stereocenters. The van der Waals surface area contributed by atoms with Crippen LogP contribution in [0, 0.1) is 6.92 Å². The minimum Gasteiger partial charge on any atom is -0.462 e. The Bertz CT molecular complexity index is 499. The maximum atomic E-state index is 11.5. The third kappa shape index (κ3) is 1.73. The van der Waals surface area contributed by atoms with Gasteiger partial charge in [-0.3, -0.25) is 0 Å². The second-order valence-electron chi connectivity index (χ2n) is 3.45. The number of fused-ring (bicyclic) bond motifs is 1. The van der Waals surface area contributed by atoms with E-state index in [-0.39, 0.29) is 5.97 Å². The lowest BCUT2D eigenvalue weighted by Crippen LogP contribution is -2.04. The van der Waals surface area contributed by atoms with Gasteiger partial charge in [0.05, 0.1) is 12.2 Å². The van der Waals surface area contributed by atoms with Crippen LogP contribution in [0.3, 0.4) is 0 Å². The SMILES string of the molecule is CCOC(=O)c1cc(C)c2cc[nH]c2c1. The second kappa shape index (κ2) is 3.77. The van der Waals surface area contributed by atoms with Crippen molar-refractivity contribution in [1.82, 2.24) is 4.98 Å². The first-order valence-electron chi connectivity index (χ1n) is 4.97. The zero-order valence-corrected chi connectivity index (χ0v) is 8.83. The summed E-state index contributed by atoms with van der Waals surface area (Å²) in [5, 5.41) is 1.14. The van der Waals surface area contributed by atoms with Gasteiger partial charge in [0.25, 0.3) is 0 Å². The molecule has 0 aliphatic carbocycles. The average molecular weight is 203 g/mol. The number of rotatable bonds is 2. The molecule has 1 heterocycles. The van der Waals surface area contributed by atoms with E-state index in [1.807, 2.05) is 31.3 Å². The smallest absolute Gasteiger partial charge is 0.338 e. The molecule has 0 radical (unpaired) electrons. The van der Waals surface area contributed by atoms with Gasteiger partial charge in [-0.15, -0.1) is 0 Å². The van der Waals surface area contributed by atoms with Crippen molar-refractivity contribution in [2.75, 3.05) is 6.61 Å². The third-order valence-corrected chi connectivity index (χ3v) is 2.39. The Kier molecular flexibility index (Phi) is 2.46. The molecule has 15 heavy (non-hydrogen) atoms. The molecule has 0 aliphatic rings. The summed E-state index contributed by atoms with van der Waals surface area (Å²) in [6.45, 7) is 4.19. The summed E-state index contributed by atoms with van der Waals surface area (Å²) in [5.41, 5.74) is 2.65. The molecule has 2 aromatic rings. The second-order valence-corrected chi connectivity index (χ2v) is 3.45. The fourth-order valence-electron chi connectivity index (χ4n) is 1.69. The molecule has 0 atom stereocenters. The normalized spacial score (nSPS) is 10.5. The summed E-state index contributed by atoms with van der Waals surface area (Å²) in [5.74, 6) is -0.267. The molecule has 2 rings (SSSR count). The molecule has 0 bridgehead atoms. The average Bonchev–Trinajstić information content (AvgIpc) is 2.66. The molecule has 1 aromatic carbocycles. The number of hydrogen-bond donors (Lipinski definition) is 1. The number of carbonyl (C=O) groups excluding carboxylic acids is 1. The first kappa shape index (κ1) is 9.77. The number of hydrogen-bond acceptors (Lipinski definition) is 2. The Morgan fingerprint density at radius 1 is 1.47 bits per heavy atom. The molecule has 0 spiro atoms. The van der Waals surface area contributed by atoms with E-state index in [1.54, 1.807) is 6.92 Å². The number of aromatic amines is 1. The highest BCUT2D eigenvalue weighted by Crippen LogP contribution is 2.19. The van der Waals surface area contributed by atoms with Crippen molar-refractivity contribution < 1.29 is 9.53 Å². The molecule has 0 saturated heterocycles. The highest BCUT2D eigenvalue weighted by molar-refractivity contribution is 5.95. The predicted molar refractivity (Wildman–Crippen MR) is 59.0 cm³/mol. The van der Waals surface area contributed by atoms with Gasteiger partial charge in [-0.1, -0.05) is 0 Å². The van der Waals surface area contributed by atoms with Crippen LogP contribution in [0.1, 0.15) is 22.8 Å². The van der Waals surface area contributed by atoms with Crippen LogP contribution in [0.15, 0.2) is 24.4 Å². The zero-order valence-electron chi connectivity index (χ0n) is 8.83. The van der Waals surface area contributed by atoms with Gasteiger partial charge >= 0.3 is 5.97 Å². The van der Waals surface area contributed by atoms with Crippen molar-refractivity contribution in [3.63, 3.8) is 0 Å². The number of esters is 1. The number of ether oxygens (including phenoxy) is 1. The predicted octanol–water partition coefficient (Wildman–Crippen LogP) is 2.65. The molecule has 3 nitrogen and oxygen atoms in total. The van der Waals surface area contributed by atoms with E-state index in [2.05, 4.69) is 4.98 Å². The highest BCUT2D eigenvalue weighted by atomic mass is 16.5. The van der Waals surface area contributed by atoms with Crippen LogP contribution in [0.5, 0.6) is 0 Å². The van der Waals surface area contributed by atoms with Gasteiger partial charge < -0.3 is 9.72 Å². The van der Waals surface area contributed by atoms with E-state index in [0.717, 1.165) is 16.5 Å². The van der Waals surface area contributed by atoms with Crippen LogP contribution < -0.4 is 0 Å². The van der Waals surface area contributed by atoms with Crippen molar-refractivity contribution in [3.8, 4) is 0 Å². The number of nitrogens with one attached hydrogen (secondary N) is 1. The van der Waals surface area contributed by atoms with Crippen LogP contribution in [0.2, 0.25) is 0 Å². The number of benzene rings is 1. The quantitative estimate of drug-likeness (QED) is 0.762. The van der Waals surface area contributed by atoms with Gasteiger partial charge in [-0.2, -0.15) is 0 Å². The fourth-order valence-corrected chi connectivity index (χ4v) is 1.69. The van der Waals surface area contributed by atoms with Crippen molar-refractivity contribution in [3.05, 3.63) is 35.5 Å². The van der Waals surface area contributed by atoms with Crippen molar-refractivity contribution in [2.24, 2.45) is 0 Å². The van der Waals surface area contributed by atoms with Crippen molar-refractivity contribution in [2.45, 2.75) is 13.8 Å². The number of aromatic nitrogens is 1. The first-order valence-corrected chi connectivity index (χ1v) is 4.97. The number of carbonyl (C=O) groups is 1. The van der Waals surface area contributed by atoms with Gasteiger partial charge in [0.15, 0.2) is 0 Å². The van der Waals surface area contributed by atoms with E-state index in [9.17, 15) is 4.79 Å². The van der Waals surface area contributed by atoms with Gasteiger partial charge in [0.1, 0.15) is 0 Å². The summed E-state index contributed by atoms with van der Waals surface area (Å²) in [4.78, 5) is 14.6. The molecular weight excluding hydrogens is 190 g/mol. The summed E-state index contributed by atoms with van der Waals surface area (Å²) >= 11 is 0. The molecule has 0 saturated carbocycles. The third-order valence-electron chi connectivity index (χ3n) is 2.39. The summed E-state index contributed by atoms with van der Waals surface area (Å²) in [7, 11) is 0. The van der Waals surface area contributed by atoms with Crippen LogP contribution in [0.25, 0.3) is 10.9 Å². The van der Waals surface area contributed by atoms with Crippen LogP contribution in [-0.4, -0.2) is 17.6 Å². The Morgan fingerprint density at radius 3 is 3.00 bits per heavy atom. The monoisotopic (exact) mass is 203 g/mol. The van der Waals surface area contributed by atoms with Crippen LogP contribution in [-0.2, 0) is 4.74 Å². The Labute approximate surface area is 88.1 Å². The van der Waals surface area contributed by atoms with Crippen molar-refractivity contribution >= 4 is 16.9 Å². The zero-order chi connectivity index (χ0) is 10.8. The summed E-state index contributed by atoms with van der Waals surface area (Å²) in [6, 6.07) is 5.67. The molecule has 0 amide bonds. The van der Waals surface area contributed by atoms with Gasteiger partial charge in [0.2, 0.25) is 0 Å². The van der Waals surface area contributed by atoms with E-state index < -0.39 is 0 Å². The standard InChI is InChI=1S/C12H13NO2/c1-3-15-12(14)9-6-8(2)10-4-5-13-11(10)7-9/h4-7,13H,3H2,1-2H3. The van der Waals surface area contributed by atoms with Gasteiger partial charge in [-0.25, -0.2) is 4.79 Å². The summed E-state index contributed by atoms with van der Waals surface area (Å²) < 4.78 is 4.96. The number of H-pyrrole nitrogens is 1. The van der Waals surface area contributed by atoms with E-state index in [4.69, 9.17) is 4.74 Å². The molecule has 78 valence electrons. The summed E-state index contributed by atoms with van der Waals surface area (Å²) in [6.07, 6.45) is 1.87. The van der Waals surface area contributed by atoms with Gasteiger partial charge in [0, 0.05) is 17.1 Å². The Balaban J connectivity index is 2.49. The van der Waals surface area contributed by atoms with Gasteiger partial charge in [-0.05, 0) is 37.6 Å². The van der Waals surface area contributed by atoms with E-state index in [1.165, 1.54) is 0 Å². The largest absolute Gasteiger partial charge is 0.462 e. The minimum atomic E-state index is -0.267. The maximum Gasteiger partial charge on any atom is 0.338 e. The Morgan fingerprint density at radius 2 is 2.27 bits per heavy atom. The molecular formula is C12H13NO2. The molecule has 0 aliphatic heterocycles. The minimum absolute atomic E-state index is 0.267. The molecule has 3 heteroatoms. The lowest BCUT2D eigenvalue weighted by atomic mass is 10.1. The van der Waals surface area contributed by atoms with Crippen LogP contribution in [0.4, 0.5) is 0 Å². The van der Waals surface area contributed by atoms with Crippen molar-refractivity contribution in [1.29, 1.82) is 0 Å². The molecule has 1 N–H and O–H groups in total. The molecule has 0 fully saturated rings. The fraction of sp³-hybridized carbons (Fsp3) is 0.250. The topological polar surface area (TPSA) is 42.1 Å². The molecule has 1 aromatic heterocycles. The lowest BCUT2D eigenvalue weighted by molar-refractivity contribution is 0.0526.